The lowest BCUT2D eigenvalue weighted by molar-refractivity contribution is 0.101. The summed E-state index contributed by atoms with van der Waals surface area (Å²) in [6, 6.07) is 9.44. The molecule has 2 heterocycles. The number of anilines is 1. The van der Waals surface area contributed by atoms with Gasteiger partial charge in [-0.25, -0.2) is 0 Å². The fraction of sp³-hybridized carbons (Fsp3) is 0.250. The molecule has 1 amide bonds. The van der Waals surface area contributed by atoms with E-state index in [0.29, 0.717) is 10.9 Å². The van der Waals surface area contributed by atoms with Gasteiger partial charge in [0.1, 0.15) is 0 Å². The van der Waals surface area contributed by atoms with Crippen LogP contribution in [0.4, 0.5) is 5.13 Å². The number of aryl methyl sites for hydroxylation is 1. The molecule has 1 aromatic carbocycles. The van der Waals surface area contributed by atoms with Crippen LogP contribution < -0.4 is 5.32 Å². The van der Waals surface area contributed by atoms with Crippen LogP contribution in [0.5, 0.6) is 0 Å². The van der Waals surface area contributed by atoms with Crippen LogP contribution in [-0.4, -0.2) is 27.0 Å². The van der Waals surface area contributed by atoms with Gasteiger partial charge in [-0.3, -0.25) is 10.1 Å². The van der Waals surface area contributed by atoms with Crippen LogP contribution in [0.1, 0.15) is 29.4 Å². The lowest BCUT2D eigenvalue weighted by atomic mass is 10.1. The average molecular weight is 360 g/mol. The number of nitrogens with zero attached hydrogens (tertiary/aromatic N) is 3. The number of amides is 1. The van der Waals surface area contributed by atoms with E-state index in [2.05, 4.69) is 27.6 Å². The molecule has 3 aromatic rings. The molecule has 8 heteroatoms. The van der Waals surface area contributed by atoms with E-state index in [-0.39, 0.29) is 11.6 Å². The van der Waals surface area contributed by atoms with Crippen molar-refractivity contribution in [3.8, 4) is 11.3 Å². The van der Waals surface area contributed by atoms with Crippen molar-refractivity contribution in [2.45, 2.75) is 24.6 Å². The maximum absolute atomic E-state index is 12.2. The van der Waals surface area contributed by atoms with E-state index in [4.69, 9.17) is 4.52 Å². The van der Waals surface area contributed by atoms with Gasteiger partial charge in [0.05, 0.1) is 0 Å². The maximum Gasteiger partial charge on any atom is 0.279 e. The van der Waals surface area contributed by atoms with E-state index in [1.165, 1.54) is 11.3 Å². The fourth-order valence-corrected chi connectivity index (χ4v) is 3.58. The predicted molar refractivity (Wildman–Crippen MR) is 95.6 cm³/mol. The van der Waals surface area contributed by atoms with Gasteiger partial charge in [-0.2, -0.15) is 0 Å². The number of thioether (sulfide) groups is 1. The number of aromatic nitrogens is 3. The van der Waals surface area contributed by atoms with Crippen molar-refractivity contribution in [3.63, 3.8) is 0 Å². The first-order chi connectivity index (χ1) is 11.7. The lowest BCUT2D eigenvalue weighted by Crippen LogP contribution is -2.11. The summed E-state index contributed by atoms with van der Waals surface area (Å²) in [6.45, 7) is 4.12. The quantitative estimate of drug-likeness (QED) is 0.523. The Morgan fingerprint density at radius 3 is 2.83 bits per heavy atom. The first-order valence-corrected chi connectivity index (χ1v) is 9.27. The smallest absolute Gasteiger partial charge is 0.279 e. The Labute approximate surface area is 147 Å². The zero-order valence-electron chi connectivity index (χ0n) is 13.3. The second kappa shape index (κ2) is 7.59. The topological polar surface area (TPSA) is 80.9 Å². The highest BCUT2D eigenvalue weighted by molar-refractivity contribution is 8.01. The molecule has 0 saturated heterocycles. The molecule has 0 radical (unpaired) electrons. The van der Waals surface area contributed by atoms with Gasteiger partial charge < -0.3 is 4.52 Å². The first-order valence-electron chi connectivity index (χ1n) is 7.47. The van der Waals surface area contributed by atoms with Crippen LogP contribution in [0.25, 0.3) is 11.3 Å². The highest BCUT2D eigenvalue weighted by Crippen LogP contribution is 2.26. The Kier molecular flexibility index (Phi) is 5.27. The van der Waals surface area contributed by atoms with Gasteiger partial charge in [0, 0.05) is 17.4 Å². The first kappa shape index (κ1) is 16.7. The van der Waals surface area contributed by atoms with E-state index < -0.39 is 0 Å². The Morgan fingerprint density at radius 2 is 2.08 bits per heavy atom. The largest absolute Gasteiger partial charge is 0.355 e. The Balaban J connectivity index is 1.67. The molecule has 124 valence electrons. The minimum atomic E-state index is -0.361. The summed E-state index contributed by atoms with van der Waals surface area (Å²) in [5.41, 5.74) is 2.24. The highest BCUT2D eigenvalue weighted by atomic mass is 32.2. The second-order valence-corrected chi connectivity index (χ2v) is 7.44. The van der Waals surface area contributed by atoms with Crippen molar-refractivity contribution in [3.05, 3.63) is 41.6 Å². The van der Waals surface area contributed by atoms with E-state index in [1.807, 2.05) is 31.2 Å². The summed E-state index contributed by atoms with van der Waals surface area (Å²) < 4.78 is 6.10. The van der Waals surface area contributed by atoms with Crippen molar-refractivity contribution in [1.29, 1.82) is 0 Å². The molecule has 0 saturated carbocycles. The predicted octanol–water partition coefficient (Wildman–Crippen LogP) is 4.26. The van der Waals surface area contributed by atoms with Gasteiger partial charge >= 0.3 is 0 Å². The molecule has 0 bridgehead atoms. The molecule has 0 aliphatic carbocycles. The molecular formula is C16H16N4O2S2. The summed E-state index contributed by atoms with van der Waals surface area (Å²) >= 11 is 2.98. The van der Waals surface area contributed by atoms with E-state index in [9.17, 15) is 4.79 Å². The lowest BCUT2D eigenvalue weighted by Gasteiger charge is -1.96. The molecule has 0 fully saturated rings. The molecule has 1 N–H and O–H groups in total. The highest BCUT2D eigenvalue weighted by Gasteiger charge is 2.16. The Morgan fingerprint density at radius 1 is 1.29 bits per heavy atom. The van der Waals surface area contributed by atoms with Crippen LogP contribution in [0.2, 0.25) is 0 Å². The maximum atomic E-state index is 12.2. The summed E-state index contributed by atoms with van der Waals surface area (Å²) in [4.78, 5) is 12.2. The van der Waals surface area contributed by atoms with E-state index in [0.717, 1.165) is 27.6 Å². The number of hydrogen-bond donors (Lipinski definition) is 1. The molecule has 24 heavy (non-hydrogen) atoms. The Bertz CT molecular complexity index is 827. The number of nitrogens with one attached hydrogen (secondary N) is 1. The monoisotopic (exact) mass is 360 g/mol. The molecule has 0 atom stereocenters. The van der Waals surface area contributed by atoms with Crippen LogP contribution in [-0.2, 0) is 0 Å². The normalized spacial score (nSPS) is 10.8. The SMILES string of the molecule is CCCSc1nnc(NC(=O)c2cc(-c3ccc(C)cc3)on2)s1. The summed E-state index contributed by atoms with van der Waals surface area (Å²) in [6.07, 6.45) is 1.06. The molecule has 0 aliphatic heterocycles. The number of hydrogen-bond acceptors (Lipinski definition) is 7. The molecule has 3 rings (SSSR count). The molecule has 0 spiro atoms. The van der Waals surface area contributed by atoms with Crippen LogP contribution in [0, 0.1) is 6.92 Å². The Hall–Kier alpha value is -2.19. The number of benzene rings is 1. The number of rotatable bonds is 6. The van der Waals surface area contributed by atoms with Gasteiger partial charge in [0.25, 0.3) is 5.91 Å². The summed E-state index contributed by atoms with van der Waals surface area (Å²) in [7, 11) is 0. The number of carbonyl (C=O) groups is 1. The minimum absolute atomic E-state index is 0.212. The second-order valence-electron chi connectivity index (χ2n) is 5.12. The van der Waals surface area contributed by atoms with Crippen molar-refractivity contribution in [2.24, 2.45) is 0 Å². The zero-order valence-corrected chi connectivity index (χ0v) is 14.9. The van der Waals surface area contributed by atoms with Gasteiger partial charge in [0.15, 0.2) is 15.8 Å². The summed E-state index contributed by atoms with van der Waals surface area (Å²) in [5.74, 6) is 1.17. The standard InChI is InChI=1S/C16H16N4O2S2/c1-3-8-23-16-19-18-15(24-16)17-14(21)12-9-13(22-20-12)11-6-4-10(2)5-7-11/h4-7,9H,3,8H2,1-2H3,(H,17,18,21). The van der Waals surface area contributed by atoms with Crippen LogP contribution in [0.3, 0.4) is 0 Å². The van der Waals surface area contributed by atoms with Gasteiger partial charge in [-0.1, -0.05) is 65.0 Å². The van der Waals surface area contributed by atoms with Gasteiger partial charge in [0.2, 0.25) is 5.13 Å². The molecule has 0 aliphatic rings. The third-order valence-electron chi connectivity index (χ3n) is 3.14. The van der Waals surface area contributed by atoms with Crippen molar-refractivity contribution in [1.82, 2.24) is 15.4 Å². The van der Waals surface area contributed by atoms with Crippen molar-refractivity contribution >= 4 is 34.1 Å². The molecule has 6 nitrogen and oxygen atoms in total. The summed E-state index contributed by atoms with van der Waals surface area (Å²) in [5, 5.41) is 15.0. The van der Waals surface area contributed by atoms with E-state index >= 15 is 0 Å². The van der Waals surface area contributed by atoms with Crippen LogP contribution >= 0.6 is 23.1 Å². The number of carbonyl (C=O) groups excluding carboxylic acids is 1. The van der Waals surface area contributed by atoms with Crippen molar-refractivity contribution in [2.75, 3.05) is 11.1 Å². The zero-order chi connectivity index (χ0) is 16.9. The minimum Gasteiger partial charge on any atom is -0.355 e. The fourth-order valence-electron chi connectivity index (χ4n) is 1.91. The van der Waals surface area contributed by atoms with Crippen molar-refractivity contribution < 1.29 is 9.32 Å². The van der Waals surface area contributed by atoms with Gasteiger partial charge in [-0.05, 0) is 13.3 Å². The third-order valence-corrected chi connectivity index (χ3v) is 5.31. The van der Waals surface area contributed by atoms with Gasteiger partial charge in [-0.15, -0.1) is 10.2 Å². The third kappa shape index (κ3) is 4.01. The average Bonchev–Trinajstić information content (AvgIpc) is 3.23. The molecular weight excluding hydrogens is 344 g/mol. The van der Waals surface area contributed by atoms with Crippen LogP contribution in [0.15, 0.2) is 39.2 Å². The molecule has 0 unspecified atom stereocenters. The molecule has 2 aromatic heterocycles. The van der Waals surface area contributed by atoms with E-state index in [1.54, 1.807) is 17.8 Å².